The maximum Gasteiger partial charge on any atom is 0.292 e. The Bertz CT molecular complexity index is 837. The van der Waals surface area contributed by atoms with E-state index in [2.05, 4.69) is 5.32 Å². The number of benzene rings is 1. The molecule has 1 N–H and O–H groups in total. The summed E-state index contributed by atoms with van der Waals surface area (Å²) in [6.07, 6.45) is 2.39. The first-order valence-corrected chi connectivity index (χ1v) is 9.71. The fourth-order valence-corrected chi connectivity index (χ4v) is 3.18. The lowest BCUT2D eigenvalue weighted by Crippen LogP contribution is -2.33. The van der Waals surface area contributed by atoms with Gasteiger partial charge in [-0.15, -0.1) is 0 Å². The predicted molar refractivity (Wildman–Crippen MR) is 110 cm³/mol. The Morgan fingerprint density at radius 3 is 2.39 bits per heavy atom. The van der Waals surface area contributed by atoms with Gasteiger partial charge in [-0.25, -0.2) is 0 Å². The zero-order chi connectivity index (χ0) is 20.7. The average molecular weight is 386 g/mol. The van der Waals surface area contributed by atoms with E-state index >= 15 is 0 Å². The molecule has 1 aromatic heterocycles. The van der Waals surface area contributed by atoms with Crippen molar-refractivity contribution in [1.29, 1.82) is 0 Å². The molecule has 2 aromatic rings. The van der Waals surface area contributed by atoms with Crippen molar-refractivity contribution in [1.82, 2.24) is 19.7 Å². The number of para-hydroxylation sites is 1. The van der Waals surface area contributed by atoms with Crippen LogP contribution in [0, 0.1) is 0 Å². The van der Waals surface area contributed by atoms with Gasteiger partial charge in [0.05, 0.1) is 5.56 Å². The van der Waals surface area contributed by atoms with E-state index in [9.17, 15) is 14.4 Å². The highest BCUT2D eigenvalue weighted by Gasteiger charge is 2.22. The van der Waals surface area contributed by atoms with Crippen molar-refractivity contribution in [3.63, 3.8) is 0 Å². The Hall–Kier alpha value is -2.67. The smallest absolute Gasteiger partial charge is 0.292 e. The second kappa shape index (κ2) is 10.0. The molecular formula is C21H30N4O3. The lowest BCUT2D eigenvalue weighted by molar-refractivity contribution is -0.131. The molecule has 0 aliphatic heterocycles. The zero-order valence-electron chi connectivity index (χ0n) is 17.2. The maximum atomic E-state index is 12.7. The molecule has 152 valence electrons. The number of rotatable bonds is 10. The molecule has 0 saturated carbocycles. The van der Waals surface area contributed by atoms with Gasteiger partial charge >= 0.3 is 0 Å². The second-order valence-electron chi connectivity index (χ2n) is 7.00. The van der Waals surface area contributed by atoms with Crippen molar-refractivity contribution < 1.29 is 14.4 Å². The van der Waals surface area contributed by atoms with Crippen molar-refractivity contribution in [3.8, 4) is 0 Å². The lowest BCUT2D eigenvalue weighted by atomic mass is 10.1. The summed E-state index contributed by atoms with van der Waals surface area (Å²) in [5, 5.41) is 3.37. The third kappa shape index (κ3) is 5.19. The van der Waals surface area contributed by atoms with Crippen LogP contribution in [0.4, 0.5) is 0 Å². The van der Waals surface area contributed by atoms with Crippen molar-refractivity contribution >= 4 is 28.5 Å². The van der Waals surface area contributed by atoms with Gasteiger partial charge in [-0.1, -0.05) is 18.2 Å². The molecular weight excluding hydrogens is 356 g/mol. The van der Waals surface area contributed by atoms with E-state index in [0.717, 1.165) is 18.5 Å². The molecule has 0 unspecified atom stereocenters. The highest BCUT2D eigenvalue weighted by molar-refractivity contribution is 6.45. The van der Waals surface area contributed by atoms with Crippen LogP contribution in [0.3, 0.4) is 0 Å². The number of carbonyl (C=O) groups excluding carboxylic acids is 3. The number of ketones is 1. The summed E-state index contributed by atoms with van der Waals surface area (Å²) in [7, 11) is 3.92. The lowest BCUT2D eigenvalue weighted by Gasteiger charge is -2.19. The van der Waals surface area contributed by atoms with Crippen LogP contribution in [-0.2, 0) is 16.1 Å². The number of amides is 2. The molecule has 0 spiro atoms. The summed E-state index contributed by atoms with van der Waals surface area (Å²) in [4.78, 5) is 41.3. The minimum atomic E-state index is -0.614. The molecule has 2 rings (SSSR count). The molecule has 0 radical (unpaired) electrons. The maximum absolute atomic E-state index is 12.7. The number of nitrogens with one attached hydrogen (secondary N) is 1. The third-order valence-corrected chi connectivity index (χ3v) is 4.73. The van der Waals surface area contributed by atoms with Crippen molar-refractivity contribution in [2.45, 2.75) is 26.8 Å². The highest BCUT2D eigenvalue weighted by atomic mass is 16.2. The first-order chi connectivity index (χ1) is 13.4. The van der Waals surface area contributed by atoms with Gasteiger partial charge in [0.2, 0.25) is 5.91 Å². The van der Waals surface area contributed by atoms with Crippen molar-refractivity contribution in [3.05, 3.63) is 36.0 Å². The molecule has 1 heterocycles. The molecule has 7 heteroatoms. The highest BCUT2D eigenvalue weighted by Crippen LogP contribution is 2.22. The van der Waals surface area contributed by atoms with Crippen LogP contribution in [0.25, 0.3) is 10.9 Å². The van der Waals surface area contributed by atoms with E-state index in [1.807, 2.05) is 51.0 Å². The van der Waals surface area contributed by atoms with Crippen molar-refractivity contribution in [2.75, 3.05) is 40.3 Å². The van der Waals surface area contributed by atoms with E-state index < -0.39 is 11.7 Å². The number of hydrogen-bond donors (Lipinski definition) is 1. The second-order valence-corrected chi connectivity index (χ2v) is 7.00. The summed E-state index contributed by atoms with van der Waals surface area (Å²) < 4.78 is 1.75. The fourth-order valence-electron chi connectivity index (χ4n) is 3.18. The van der Waals surface area contributed by atoms with Gasteiger partial charge in [-0.2, -0.15) is 0 Å². The average Bonchev–Trinajstić information content (AvgIpc) is 3.04. The quantitative estimate of drug-likeness (QED) is 0.384. The van der Waals surface area contributed by atoms with Crippen LogP contribution in [0.2, 0.25) is 0 Å². The van der Waals surface area contributed by atoms with Gasteiger partial charge in [0.15, 0.2) is 0 Å². The molecule has 2 amide bonds. The molecule has 0 aliphatic carbocycles. The number of carbonyl (C=O) groups is 3. The van der Waals surface area contributed by atoms with Gasteiger partial charge < -0.3 is 19.7 Å². The Morgan fingerprint density at radius 2 is 1.75 bits per heavy atom. The summed E-state index contributed by atoms with van der Waals surface area (Å²) in [6, 6.07) is 7.35. The van der Waals surface area contributed by atoms with Gasteiger partial charge in [0.25, 0.3) is 11.7 Å². The van der Waals surface area contributed by atoms with Crippen LogP contribution in [0.1, 0.15) is 30.6 Å². The van der Waals surface area contributed by atoms with Gasteiger partial charge in [-0.05, 0) is 47.0 Å². The van der Waals surface area contributed by atoms with Crippen LogP contribution in [-0.4, -0.2) is 72.2 Å². The van der Waals surface area contributed by atoms with Crippen LogP contribution in [0.5, 0.6) is 0 Å². The fraction of sp³-hybridized carbons (Fsp3) is 0.476. The van der Waals surface area contributed by atoms with Crippen LogP contribution < -0.4 is 5.32 Å². The van der Waals surface area contributed by atoms with E-state index in [1.54, 1.807) is 21.7 Å². The summed E-state index contributed by atoms with van der Waals surface area (Å²) in [5.74, 6) is -1.20. The largest absolute Gasteiger partial charge is 0.349 e. The van der Waals surface area contributed by atoms with Gasteiger partial charge in [0, 0.05) is 36.7 Å². The third-order valence-electron chi connectivity index (χ3n) is 4.73. The number of fused-ring (bicyclic) bond motifs is 1. The van der Waals surface area contributed by atoms with E-state index in [4.69, 9.17) is 0 Å². The normalized spacial score (nSPS) is 11.0. The minimum Gasteiger partial charge on any atom is -0.349 e. The monoisotopic (exact) mass is 386 g/mol. The molecule has 7 nitrogen and oxygen atoms in total. The van der Waals surface area contributed by atoms with E-state index in [1.165, 1.54) is 0 Å². The summed E-state index contributed by atoms with van der Waals surface area (Å²) >= 11 is 0. The number of Topliss-reactive ketones (excluding diaryl/α,β-unsaturated/α-hetero) is 1. The number of likely N-dealkylation sites (N-methyl/N-ethyl adjacent to an activating group) is 1. The topological polar surface area (TPSA) is 74.6 Å². The van der Waals surface area contributed by atoms with E-state index in [0.29, 0.717) is 30.6 Å². The van der Waals surface area contributed by atoms with Crippen LogP contribution >= 0.6 is 0 Å². The summed E-state index contributed by atoms with van der Waals surface area (Å²) in [6.45, 7) is 6.56. The molecule has 0 atom stereocenters. The number of nitrogens with zero attached hydrogens (tertiary/aromatic N) is 3. The first-order valence-electron chi connectivity index (χ1n) is 9.71. The molecule has 0 fully saturated rings. The Labute approximate surface area is 166 Å². The van der Waals surface area contributed by atoms with Crippen LogP contribution in [0.15, 0.2) is 30.5 Å². The van der Waals surface area contributed by atoms with Gasteiger partial charge in [0.1, 0.15) is 6.54 Å². The standard InChI is InChI=1S/C21H30N4O3/c1-5-24(6-2)19(26)15-25-14-17(16-10-7-8-11-18(16)25)20(27)21(28)22-12-9-13-23(3)4/h7-8,10-11,14H,5-6,9,12-13,15H2,1-4H3,(H,22,28). The zero-order valence-corrected chi connectivity index (χ0v) is 17.2. The SMILES string of the molecule is CCN(CC)C(=O)Cn1cc(C(=O)C(=O)NCCCN(C)C)c2ccccc21. The predicted octanol–water partition coefficient (Wildman–Crippen LogP) is 1.76. The Morgan fingerprint density at radius 1 is 1.07 bits per heavy atom. The molecule has 28 heavy (non-hydrogen) atoms. The summed E-state index contributed by atoms with van der Waals surface area (Å²) in [5.41, 5.74) is 1.10. The number of aromatic nitrogens is 1. The molecule has 0 aliphatic rings. The Balaban J connectivity index is 2.20. The number of hydrogen-bond acceptors (Lipinski definition) is 4. The molecule has 0 bridgehead atoms. The first kappa shape index (κ1) is 21.6. The van der Waals surface area contributed by atoms with Crippen molar-refractivity contribution in [2.24, 2.45) is 0 Å². The van der Waals surface area contributed by atoms with E-state index in [-0.39, 0.29) is 12.5 Å². The molecule has 0 saturated heterocycles. The Kier molecular flexibility index (Phi) is 7.75. The van der Waals surface area contributed by atoms with Gasteiger partial charge in [-0.3, -0.25) is 14.4 Å². The molecule has 1 aromatic carbocycles. The minimum absolute atomic E-state index is 0.0158.